The van der Waals surface area contributed by atoms with Gasteiger partial charge >= 0.3 is 5.97 Å². The summed E-state index contributed by atoms with van der Waals surface area (Å²) in [6, 6.07) is 7.62. The van der Waals surface area contributed by atoms with Gasteiger partial charge in [-0.15, -0.1) is 0 Å². The SMILES string of the molecule is CN(CCC(=O)O)C(=O)COc1ccccc1C(C)(C)C. The number of likely N-dealkylation sites (N-methyl/N-ethyl adjacent to an activating group) is 1. The van der Waals surface area contributed by atoms with Crippen LogP contribution in [0.3, 0.4) is 0 Å². The van der Waals surface area contributed by atoms with Crippen molar-refractivity contribution in [3.05, 3.63) is 29.8 Å². The first-order valence-electron chi connectivity index (χ1n) is 6.90. The van der Waals surface area contributed by atoms with Crippen LogP contribution in [0.4, 0.5) is 0 Å². The third-order valence-electron chi connectivity index (χ3n) is 3.13. The van der Waals surface area contributed by atoms with E-state index in [9.17, 15) is 9.59 Å². The van der Waals surface area contributed by atoms with Gasteiger partial charge in [0, 0.05) is 13.6 Å². The number of rotatable bonds is 6. The second-order valence-electron chi connectivity index (χ2n) is 5.99. The molecule has 5 heteroatoms. The summed E-state index contributed by atoms with van der Waals surface area (Å²) < 4.78 is 5.61. The molecule has 0 heterocycles. The van der Waals surface area contributed by atoms with Gasteiger partial charge in [-0.05, 0) is 17.0 Å². The number of ether oxygens (including phenoxy) is 1. The van der Waals surface area contributed by atoms with Gasteiger partial charge in [0.2, 0.25) is 0 Å². The first kappa shape index (κ1) is 17.0. The molecule has 0 saturated carbocycles. The molecule has 21 heavy (non-hydrogen) atoms. The van der Waals surface area contributed by atoms with E-state index in [1.54, 1.807) is 7.05 Å². The summed E-state index contributed by atoms with van der Waals surface area (Å²) in [5.41, 5.74) is 0.959. The number of aliphatic carboxylic acids is 1. The molecule has 0 bridgehead atoms. The minimum absolute atomic E-state index is 0.0686. The Kier molecular flexibility index (Phi) is 5.76. The molecule has 0 aliphatic heterocycles. The maximum Gasteiger partial charge on any atom is 0.305 e. The molecule has 0 atom stereocenters. The van der Waals surface area contributed by atoms with Gasteiger partial charge in [-0.25, -0.2) is 0 Å². The molecule has 0 unspecified atom stereocenters. The average molecular weight is 293 g/mol. The predicted molar refractivity (Wildman–Crippen MR) is 80.5 cm³/mol. The Balaban J connectivity index is 2.63. The van der Waals surface area contributed by atoms with Crippen LogP contribution >= 0.6 is 0 Å². The van der Waals surface area contributed by atoms with Gasteiger partial charge in [0.05, 0.1) is 6.42 Å². The Morgan fingerprint density at radius 3 is 2.43 bits per heavy atom. The fourth-order valence-corrected chi connectivity index (χ4v) is 1.85. The fourth-order valence-electron chi connectivity index (χ4n) is 1.85. The quantitative estimate of drug-likeness (QED) is 0.874. The van der Waals surface area contributed by atoms with Crippen molar-refractivity contribution in [2.24, 2.45) is 0 Å². The van der Waals surface area contributed by atoms with Crippen LogP contribution in [0, 0.1) is 0 Å². The maximum atomic E-state index is 11.9. The summed E-state index contributed by atoms with van der Waals surface area (Å²) in [5, 5.41) is 8.61. The van der Waals surface area contributed by atoms with Crippen molar-refractivity contribution in [3.8, 4) is 5.75 Å². The van der Waals surface area contributed by atoms with Crippen molar-refractivity contribution in [1.82, 2.24) is 4.90 Å². The van der Waals surface area contributed by atoms with E-state index in [-0.39, 0.29) is 30.9 Å². The van der Waals surface area contributed by atoms with Gasteiger partial charge in [-0.3, -0.25) is 9.59 Å². The van der Waals surface area contributed by atoms with Crippen LogP contribution in [0.5, 0.6) is 5.75 Å². The van der Waals surface area contributed by atoms with Crippen LogP contribution in [-0.4, -0.2) is 42.1 Å². The second kappa shape index (κ2) is 7.11. The zero-order valence-corrected chi connectivity index (χ0v) is 13.0. The molecule has 1 aromatic rings. The lowest BCUT2D eigenvalue weighted by molar-refractivity contribution is -0.138. The smallest absolute Gasteiger partial charge is 0.305 e. The Hall–Kier alpha value is -2.04. The molecule has 0 aromatic heterocycles. The van der Waals surface area contributed by atoms with Gasteiger partial charge in [-0.1, -0.05) is 39.0 Å². The lowest BCUT2D eigenvalue weighted by Gasteiger charge is -2.23. The summed E-state index contributed by atoms with van der Waals surface area (Å²) in [7, 11) is 1.57. The van der Waals surface area contributed by atoms with Crippen LogP contribution in [0.1, 0.15) is 32.8 Å². The Labute approximate surface area is 125 Å². The van der Waals surface area contributed by atoms with E-state index < -0.39 is 5.97 Å². The molecule has 0 spiro atoms. The van der Waals surface area contributed by atoms with Crippen molar-refractivity contribution in [2.75, 3.05) is 20.2 Å². The number of hydrogen-bond acceptors (Lipinski definition) is 3. The molecule has 0 fully saturated rings. The number of carboxylic acid groups (broad SMARTS) is 1. The van der Waals surface area contributed by atoms with Crippen LogP contribution in [0.15, 0.2) is 24.3 Å². The van der Waals surface area contributed by atoms with Gasteiger partial charge in [0.25, 0.3) is 5.91 Å². The van der Waals surface area contributed by atoms with Crippen molar-refractivity contribution in [3.63, 3.8) is 0 Å². The van der Waals surface area contributed by atoms with Gasteiger partial charge < -0.3 is 14.7 Å². The Morgan fingerprint density at radius 2 is 1.86 bits per heavy atom. The molecule has 1 N–H and O–H groups in total. The first-order chi connectivity index (χ1) is 9.71. The van der Waals surface area contributed by atoms with Crippen molar-refractivity contribution in [1.29, 1.82) is 0 Å². The third-order valence-corrected chi connectivity index (χ3v) is 3.13. The predicted octanol–water partition coefficient (Wildman–Crippen LogP) is 2.30. The zero-order chi connectivity index (χ0) is 16.0. The highest BCUT2D eigenvalue weighted by Crippen LogP contribution is 2.30. The summed E-state index contributed by atoms with van der Waals surface area (Å²) in [6.07, 6.45) is -0.0686. The number of carbonyl (C=O) groups excluding carboxylic acids is 1. The largest absolute Gasteiger partial charge is 0.483 e. The molecule has 1 aromatic carbocycles. The topological polar surface area (TPSA) is 66.8 Å². The van der Waals surface area contributed by atoms with Gasteiger partial charge in [0.15, 0.2) is 6.61 Å². The van der Waals surface area contributed by atoms with Crippen molar-refractivity contribution >= 4 is 11.9 Å². The minimum atomic E-state index is -0.923. The Bertz CT molecular complexity index is 505. The number of para-hydroxylation sites is 1. The first-order valence-corrected chi connectivity index (χ1v) is 6.90. The normalized spacial score (nSPS) is 11.0. The number of hydrogen-bond donors (Lipinski definition) is 1. The Morgan fingerprint density at radius 1 is 1.24 bits per heavy atom. The number of carbonyl (C=O) groups is 2. The van der Waals surface area contributed by atoms with Crippen LogP contribution in [0.25, 0.3) is 0 Å². The molecular formula is C16H23NO4. The summed E-state index contributed by atoms with van der Waals surface area (Å²) in [5.74, 6) is -0.474. The summed E-state index contributed by atoms with van der Waals surface area (Å²) >= 11 is 0. The fraction of sp³-hybridized carbons (Fsp3) is 0.500. The van der Waals surface area contributed by atoms with Gasteiger partial charge in [-0.2, -0.15) is 0 Å². The van der Waals surface area contributed by atoms with Crippen molar-refractivity contribution in [2.45, 2.75) is 32.6 Å². The highest BCUT2D eigenvalue weighted by Gasteiger charge is 2.19. The molecule has 0 aliphatic rings. The van der Waals surface area contributed by atoms with E-state index in [1.807, 2.05) is 24.3 Å². The molecule has 0 saturated heterocycles. The zero-order valence-electron chi connectivity index (χ0n) is 13.0. The number of benzene rings is 1. The van der Waals surface area contributed by atoms with E-state index in [0.717, 1.165) is 5.56 Å². The highest BCUT2D eigenvalue weighted by atomic mass is 16.5. The molecule has 1 amide bonds. The second-order valence-corrected chi connectivity index (χ2v) is 5.99. The van der Waals surface area contributed by atoms with Crippen molar-refractivity contribution < 1.29 is 19.4 Å². The minimum Gasteiger partial charge on any atom is -0.483 e. The van der Waals surface area contributed by atoms with Crippen LogP contribution < -0.4 is 4.74 Å². The summed E-state index contributed by atoms with van der Waals surface area (Å²) in [4.78, 5) is 23.8. The molecule has 116 valence electrons. The summed E-state index contributed by atoms with van der Waals surface area (Å²) in [6.45, 7) is 6.32. The van der Waals surface area contributed by atoms with Crippen LogP contribution in [0.2, 0.25) is 0 Å². The molecule has 1 rings (SSSR count). The molecule has 5 nitrogen and oxygen atoms in total. The third kappa shape index (κ3) is 5.45. The van der Waals surface area contributed by atoms with E-state index >= 15 is 0 Å². The van der Waals surface area contributed by atoms with Gasteiger partial charge in [0.1, 0.15) is 5.75 Å². The number of carboxylic acids is 1. The molecular weight excluding hydrogens is 270 g/mol. The van der Waals surface area contributed by atoms with E-state index in [1.165, 1.54) is 4.90 Å². The maximum absolute atomic E-state index is 11.9. The highest BCUT2D eigenvalue weighted by molar-refractivity contribution is 5.78. The van der Waals surface area contributed by atoms with Crippen LogP contribution in [-0.2, 0) is 15.0 Å². The number of nitrogens with zero attached hydrogens (tertiary/aromatic N) is 1. The average Bonchev–Trinajstić information content (AvgIpc) is 2.41. The van der Waals surface area contributed by atoms with E-state index in [2.05, 4.69) is 20.8 Å². The lowest BCUT2D eigenvalue weighted by atomic mass is 9.86. The lowest BCUT2D eigenvalue weighted by Crippen LogP contribution is -2.33. The van der Waals surface area contributed by atoms with E-state index in [0.29, 0.717) is 5.75 Å². The monoisotopic (exact) mass is 293 g/mol. The standard InChI is InChI=1S/C16H23NO4/c1-16(2,3)12-7-5-6-8-13(12)21-11-14(18)17(4)10-9-15(19)20/h5-8H,9-11H2,1-4H3,(H,19,20). The van der Waals surface area contributed by atoms with E-state index in [4.69, 9.17) is 9.84 Å². The number of amides is 1. The molecule has 0 aliphatic carbocycles. The molecule has 0 radical (unpaired) electrons.